The SMILES string of the molecule is [C-]#CC(C)(C)OC.[CH3][Sn]([CH3])[CH3].[Cu].[Li+]. The van der Waals surface area contributed by atoms with Gasteiger partial charge in [-0.15, -0.1) is 0 Å². The maximum atomic E-state index is 6.63. The molecule has 13 heavy (non-hydrogen) atoms. The molecule has 0 aromatic carbocycles. The zero-order valence-corrected chi connectivity index (χ0v) is 13.5. The van der Waals surface area contributed by atoms with Crippen molar-refractivity contribution < 1.29 is 40.7 Å². The summed E-state index contributed by atoms with van der Waals surface area (Å²) in [5, 5.41) is 0. The minimum absolute atomic E-state index is 0. The Kier molecular flexibility index (Phi) is 24.7. The molecule has 0 atom stereocenters. The molecular formula is C9H18CuLiOSn. The van der Waals surface area contributed by atoms with Crippen molar-refractivity contribution in [2.45, 2.75) is 34.3 Å². The van der Waals surface area contributed by atoms with Crippen molar-refractivity contribution in [3.05, 3.63) is 6.42 Å². The van der Waals surface area contributed by atoms with Crippen LogP contribution in [0.5, 0.6) is 0 Å². The van der Waals surface area contributed by atoms with Gasteiger partial charge in [0.2, 0.25) is 0 Å². The smallest absolute Gasteiger partial charge is 0 e. The topological polar surface area (TPSA) is 9.23 Å². The zero-order valence-electron chi connectivity index (χ0n) is 9.71. The number of hydrogen-bond donors (Lipinski definition) is 0. The van der Waals surface area contributed by atoms with Crippen LogP contribution in [0.1, 0.15) is 13.8 Å². The van der Waals surface area contributed by atoms with Crippen LogP contribution in [0.4, 0.5) is 0 Å². The van der Waals surface area contributed by atoms with E-state index in [-0.39, 0.29) is 35.9 Å². The van der Waals surface area contributed by atoms with E-state index >= 15 is 0 Å². The third-order valence-electron chi connectivity index (χ3n) is 0.811. The van der Waals surface area contributed by atoms with Crippen molar-refractivity contribution in [1.82, 2.24) is 0 Å². The van der Waals surface area contributed by atoms with Gasteiger partial charge in [0.25, 0.3) is 0 Å². The first-order chi connectivity index (χ1) is 4.85. The number of hydrogen-bond acceptors (Lipinski definition) is 1. The van der Waals surface area contributed by atoms with E-state index in [1.165, 1.54) is 0 Å². The van der Waals surface area contributed by atoms with Crippen molar-refractivity contribution in [3.8, 4) is 5.92 Å². The van der Waals surface area contributed by atoms with Crippen LogP contribution in [0.15, 0.2) is 0 Å². The van der Waals surface area contributed by atoms with Gasteiger partial charge in [0, 0.05) is 24.2 Å². The quantitative estimate of drug-likeness (QED) is 0.353. The van der Waals surface area contributed by atoms with E-state index in [0.29, 0.717) is 0 Å². The normalized spacial score (nSPS) is 8.46. The van der Waals surface area contributed by atoms with E-state index in [0.717, 1.165) is 0 Å². The van der Waals surface area contributed by atoms with Crippen molar-refractivity contribution in [3.63, 3.8) is 0 Å². The number of methoxy groups -OCH3 is 1. The Morgan fingerprint density at radius 3 is 1.46 bits per heavy atom. The Balaban J connectivity index is -0.0000000600. The minimum Gasteiger partial charge on any atom is 0 e. The predicted octanol–water partition coefficient (Wildman–Crippen LogP) is -0.627. The van der Waals surface area contributed by atoms with Gasteiger partial charge in [-0.3, -0.25) is 0 Å². The third-order valence-corrected chi connectivity index (χ3v) is 0.811. The second-order valence-electron chi connectivity index (χ2n) is 3.34. The maximum Gasteiger partial charge on any atom is 1.00 e. The standard InChI is InChI=1S/C6H9O.3CH3.Cu.Li.Sn/c1-5-6(2,3)7-4;;;;;;/h2-4H3;3*1H3;;;/q-1;;;;;+1;. The second kappa shape index (κ2) is 13.4. The molecule has 76 valence electrons. The Morgan fingerprint density at radius 2 is 1.46 bits per heavy atom. The summed E-state index contributed by atoms with van der Waals surface area (Å²) in [5.41, 5.74) is -0.500. The van der Waals surface area contributed by atoms with Gasteiger partial charge in [-0.25, -0.2) is 0 Å². The summed E-state index contributed by atoms with van der Waals surface area (Å²) in [6, 6.07) is 0. The summed E-state index contributed by atoms with van der Waals surface area (Å²) in [5.74, 6) is 2.22. The Bertz CT molecular complexity index is 129. The molecule has 0 aromatic rings. The second-order valence-corrected chi connectivity index (χ2v) is 11.9. The van der Waals surface area contributed by atoms with E-state index in [2.05, 4.69) is 20.7 Å². The van der Waals surface area contributed by atoms with Gasteiger partial charge >= 0.3 is 53.4 Å². The van der Waals surface area contributed by atoms with Gasteiger partial charge < -0.3 is 17.1 Å². The molecule has 0 saturated heterocycles. The van der Waals surface area contributed by atoms with Crippen molar-refractivity contribution in [2.75, 3.05) is 7.11 Å². The molecule has 1 nitrogen and oxygen atoms in total. The van der Waals surface area contributed by atoms with Crippen LogP contribution in [0.25, 0.3) is 0 Å². The Morgan fingerprint density at radius 1 is 1.23 bits per heavy atom. The first-order valence-electron chi connectivity index (χ1n) is 3.61. The average Bonchev–Trinajstić information content (AvgIpc) is 1.87. The number of ether oxygens (including phenoxy) is 1. The fraction of sp³-hybridized carbons (Fsp3) is 0.778. The molecule has 0 aromatic heterocycles. The van der Waals surface area contributed by atoms with Crippen LogP contribution in [0, 0.1) is 12.3 Å². The minimum atomic E-state index is -0.543. The maximum absolute atomic E-state index is 6.63. The molecule has 0 rings (SSSR count). The molecule has 0 N–H and O–H groups in total. The molecule has 0 bridgehead atoms. The molecule has 0 unspecified atom stereocenters. The van der Waals surface area contributed by atoms with Crippen LogP contribution in [0.2, 0.25) is 14.8 Å². The molecule has 0 fully saturated rings. The van der Waals surface area contributed by atoms with Crippen LogP contribution in [0.3, 0.4) is 0 Å². The molecule has 0 saturated carbocycles. The van der Waals surface area contributed by atoms with E-state index in [4.69, 9.17) is 11.2 Å². The van der Waals surface area contributed by atoms with Crippen molar-refractivity contribution in [2.24, 2.45) is 0 Å². The molecule has 2 radical (unpaired) electrons. The first-order valence-corrected chi connectivity index (χ1v) is 12.2. The molecule has 0 aliphatic heterocycles. The monoisotopic (exact) mass is 332 g/mol. The fourth-order valence-corrected chi connectivity index (χ4v) is 0.0510. The van der Waals surface area contributed by atoms with E-state index in [1.54, 1.807) is 21.0 Å². The third kappa shape index (κ3) is 31.8. The van der Waals surface area contributed by atoms with Gasteiger partial charge in [0.15, 0.2) is 0 Å². The summed E-state index contributed by atoms with van der Waals surface area (Å²) in [4.78, 5) is 7.09. The van der Waals surface area contributed by atoms with E-state index < -0.39 is 25.4 Å². The van der Waals surface area contributed by atoms with Crippen LogP contribution in [-0.4, -0.2) is 32.5 Å². The van der Waals surface area contributed by atoms with E-state index in [1.807, 2.05) is 0 Å². The molecule has 0 aliphatic carbocycles. The van der Waals surface area contributed by atoms with Gasteiger partial charge in [0.05, 0.1) is 5.60 Å². The predicted molar refractivity (Wildman–Crippen MR) is 51.6 cm³/mol. The summed E-state index contributed by atoms with van der Waals surface area (Å²) >= 11 is -0.543. The van der Waals surface area contributed by atoms with Crippen molar-refractivity contribution in [1.29, 1.82) is 0 Å². The average molecular weight is 331 g/mol. The molecule has 0 amide bonds. The van der Waals surface area contributed by atoms with Crippen LogP contribution < -0.4 is 18.9 Å². The van der Waals surface area contributed by atoms with Crippen LogP contribution in [-0.2, 0) is 21.8 Å². The van der Waals surface area contributed by atoms with Crippen molar-refractivity contribution >= 4 is 19.8 Å². The van der Waals surface area contributed by atoms with Gasteiger partial charge in [-0.2, -0.15) is 0 Å². The Labute approximate surface area is 113 Å². The first kappa shape index (κ1) is 23.9. The van der Waals surface area contributed by atoms with Gasteiger partial charge in [-0.1, -0.05) is 0 Å². The van der Waals surface area contributed by atoms with Gasteiger partial charge in [0.1, 0.15) is 0 Å². The van der Waals surface area contributed by atoms with Gasteiger partial charge in [-0.05, 0) is 13.8 Å². The Hall–Kier alpha value is 1.44. The summed E-state index contributed by atoms with van der Waals surface area (Å²) < 4.78 is 4.79. The largest absolute Gasteiger partial charge is 1.00 e. The summed E-state index contributed by atoms with van der Waals surface area (Å²) in [6.07, 6.45) is 6.63. The summed E-state index contributed by atoms with van der Waals surface area (Å²) in [7, 11) is 1.56. The fourth-order valence-electron chi connectivity index (χ4n) is 0.0510. The molecule has 0 heterocycles. The molecule has 0 aliphatic rings. The summed E-state index contributed by atoms with van der Waals surface area (Å²) in [6.45, 7) is 3.56. The zero-order chi connectivity index (χ0) is 9.49. The molecular weight excluding hydrogens is 313 g/mol. The van der Waals surface area contributed by atoms with Crippen LogP contribution >= 0.6 is 0 Å². The van der Waals surface area contributed by atoms with E-state index in [9.17, 15) is 0 Å². The molecule has 4 heteroatoms. The molecule has 0 spiro atoms. The number of rotatable bonds is 1.